The number of anilines is 1. The SMILES string of the molecule is Cc1ccc(-c2cc(N)c(=O)n(CC(=O)NCc3ccc4c(c3)OCO4)n2)o1. The van der Waals surface area contributed by atoms with Gasteiger partial charge in [0.1, 0.15) is 23.7 Å². The summed E-state index contributed by atoms with van der Waals surface area (Å²) in [6, 6.07) is 10.3. The Kier molecular flexibility index (Phi) is 4.48. The van der Waals surface area contributed by atoms with E-state index < -0.39 is 5.56 Å². The van der Waals surface area contributed by atoms with Gasteiger partial charge >= 0.3 is 0 Å². The molecule has 1 aromatic carbocycles. The molecule has 1 aliphatic heterocycles. The number of hydrogen-bond acceptors (Lipinski definition) is 7. The van der Waals surface area contributed by atoms with Gasteiger partial charge in [0.25, 0.3) is 5.56 Å². The maximum atomic E-state index is 12.3. The fourth-order valence-electron chi connectivity index (χ4n) is 2.81. The molecule has 0 fully saturated rings. The van der Waals surface area contributed by atoms with Gasteiger partial charge in [-0.1, -0.05) is 6.07 Å². The summed E-state index contributed by atoms with van der Waals surface area (Å²) >= 11 is 0. The number of rotatable bonds is 5. The third-order valence-corrected chi connectivity index (χ3v) is 4.21. The average Bonchev–Trinajstić information content (AvgIpc) is 3.32. The molecule has 0 spiro atoms. The molecule has 9 nitrogen and oxygen atoms in total. The number of nitrogens with zero attached hydrogens (tertiary/aromatic N) is 2. The summed E-state index contributed by atoms with van der Waals surface area (Å²) in [5, 5.41) is 6.94. The van der Waals surface area contributed by atoms with E-state index >= 15 is 0 Å². The van der Waals surface area contributed by atoms with E-state index in [1.54, 1.807) is 31.2 Å². The van der Waals surface area contributed by atoms with E-state index in [0.717, 1.165) is 10.2 Å². The number of ether oxygens (including phenoxy) is 2. The highest BCUT2D eigenvalue weighted by atomic mass is 16.7. The molecule has 1 aliphatic rings. The lowest BCUT2D eigenvalue weighted by Gasteiger charge is -2.09. The average molecular weight is 382 g/mol. The van der Waals surface area contributed by atoms with E-state index in [0.29, 0.717) is 28.7 Å². The fourth-order valence-corrected chi connectivity index (χ4v) is 2.81. The quantitative estimate of drug-likeness (QED) is 0.685. The van der Waals surface area contributed by atoms with E-state index in [2.05, 4.69) is 10.4 Å². The lowest BCUT2D eigenvalue weighted by Crippen LogP contribution is -2.34. The number of carbonyl (C=O) groups excluding carboxylic acids is 1. The lowest BCUT2D eigenvalue weighted by atomic mass is 10.2. The number of amides is 1. The van der Waals surface area contributed by atoms with Crippen molar-refractivity contribution in [3.05, 3.63) is 58.1 Å². The molecule has 3 aromatic rings. The number of aromatic nitrogens is 2. The van der Waals surface area contributed by atoms with Crippen LogP contribution < -0.4 is 26.1 Å². The molecule has 144 valence electrons. The summed E-state index contributed by atoms with van der Waals surface area (Å²) in [7, 11) is 0. The Morgan fingerprint density at radius 2 is 2.04 bits per heavy atom. The normalized spacial score (nSPS) is 12.2. The predicted octanol–water partition coefficient (Wildman–Crippen LogP) is 1.44. The molecule has 2 aromatic heterocycles. The molecule has 9 heteroatoms. The molecule has 28 heavy (non-hydrogen) atoms. The molecular weight excluding hydrogens is 364 g/mol. The van der Waals surface area contributed by atoms with Crippen LogP contribution in [-0.4, -0.2) is 22.5 Å². The molecule has 0 bridgehead atoms. The second-order valence-corrected chi connectivity index (χ2v) is 6.32. The van der Waals surface area contributed by atoms with Crippen molar-refractivity contribution in [3.63, 3.8) is 0 Å². The maximum absolute atomic E-state index is 12.3. The molecule has 3 heterocycles. The summed E-state index contributed by atoms with van der Waals surface area (Å²) in [5.74, 6) is 2.11. The van der Waals surface area contributed by atoms with E-state index in [4.69, 9.17) is 19.6 Å². The van der Waals surface area contributed by atoms with Crippen molar-refractivity contribution in [2.24, 2.45) is 0 Å². The third kappa shape index (κ3) is 3.54. The molecule has 0 aliphatic carbocycles. The Morgan fingerprint density at radius 1 is 1.21 bits per heavy atom. The minimum atomic E-state index is -0.537. The summed E-state index contributed by atoms with van der Waals surface area (Å²) in [4.78, 5) is 24.5. The van der Waals surface area contributed by atoms with Crippen LogP contribution in [0.5, 0.6) is 11.5 Å². The van der Waals surface area contributed by atoms with Gasteiger partial charge in [-0.05, 0) is 42.8 Å². The van der Waals surface area contributed by atoms with Crippen molar-refractivity contribution in [2.75, 3.05) is 12.5 Å². The Labute approximate surface area is 159 Å². The van der Waals surface area contributed by atoms with Crippen molar-refractivity contribution in [1.82, 2.24) is 15.1 Å². The second kappa shape index (κ2) is 7.10. The van der Waals surface area contributed by atoms with Gasteiger partial charge in [-0.3, -0.25) is 9.59 Å². The highest BCUT2D eigenvalue weighted by molar-refractivity contribution is 5.75. The van der Waals surface area contributed by atoms with Crippen LogP contribution in [0.1, 0.15) is 11.3 Å². The van der Waals surface area contributed by atoms with Crippen molar-refractivity contribution in [1.29, 1.82) is 0 Å². The van der Waals surface area contributed by atoms with Crippen LogP contribution in [0.15, 0.2) is 45.6 Å². The van der Waals surface area contributed by atoms with Gasteiger partial charge in [0.2, 0.25) is 12.7 Å². The van der Waals surface area contributed by atoms with Crippen molar-refractivity contribution >= 4 is 11.6 Å². The van der Waals surface area contributed by atoms with Crippen molar-refractivity contribution < 1.29 is 18.7 Å². The first-order valence-corrected chi connectivity index (χ1v) is 8.59. The summed E-state index contributed by atoms with van der Waals surface area (Å²) < 4.78 is 17.1. The van der Waals surface area contributed by atoms with Gasteiger partial charge in [0.05, 0.1) is 0 Å². The van der Waals surface area contributed by atoms with E-state index in [9.17, 15) is 9.59 Å². The zero-order valence-corrected chi connectivity index (χ0v) is 15.1. The molecule has 0 saturated heterocycles. The van der Waals surface area contributed by atoms with Crippen LogP contribution in [0.3, 0.4) is 0 Å². The molecule has 4 rings (SSSR count). The number of nitrogen functional groups attached to an aromatic ring is 1. The van der Waals surface area contributed by atoms with Gasteiger partial charge in [0, 0.05) is 6.54 Å². The van der Waals surface area contributed by atoms with E-state index in [1.807, 2.05) is 6.07 Å². The minimum absolute atomic E-state index is 0.0115. The molecule has 0 saturated carbocycles. The maximum Gasteiger partial charge on any atom is 0.290 e. The van der Waals surface area contributed by atoms with E-state index in [-0.39, 0.29) is 31.5 Å². The van der Waals surface area contributed by atoms with Crippen molar-refractivity contribution in [3.8, 4) is 23.0 Å². The first-order chi connectivity index (χ1) is 13.5. The summed E-state index contributed by atoms with van der Waals surface area (Å²) in [6.45, 7) is 2.00. The number of nitrogens with one attached hydrogen (secondary N) is 1. The standard InChI is InChI=1S/C19H18N4O5/c1-11-2-4-15(28-11)14-7-13(20)19(25)23(22-14)9-18(24)21-8-12-3-5-16-17(6-12)27-10-26-16/h2-7H,8-10,20H2,1H3,(H,21,24). The second-order valence-electron chi connectivity index (χ2n) is 6.32. The molecule has 0 radical (unpaired) electrons. The molecule has 0 atom stereocenters. The van der Waals surface area contributed by atoms with Crippen LogP contribution >= 0.6 is 0 Å². The summed E-state index contributed by atoms with van der Waals surface area (Å²) in [5.41, 5.74) is 6.47. The van der Waals surface area contributed by atoms with Crippen LogP contribution in [0.2, 0.25) is 0 Å². The highest BCUT2D eigenvalue weighted by Crippen LogP contribution is 2.32. The number of nitrogens with two attached hydrogens (primary N) is 1. The zero-order chi connectivity index (χ0) is 19.7. The Bertz CT molecular complexity index is 1100. The Balaban J connectivity index is 1.46. The number of aryl methyl sites for hydroxylation is 1. The number of fused-ring (bicyclic) bond motifs is 1. The molecule has 0 unspecified atom stereocenters. The predicted molar refractivity (Wildman–Crippen MR) is 99.8 cm³/mol. The van der Waals surface area contributed by atoms with E-state index in [1.165, 1.54) is 6.07 Å². The number of hydrogen-bond donors (Lipinski definition) is 2. The van der Waals surface area contributed by atoms with Gasteiger partial charge in [-0.15, -0.1) is 0 Å². The Hall–Kier alpha value is -3.75. The molecule has 1 amide bonds. The van der Waals surface area contributed by atoms with Crippen LogP contribution in [0.25, 0.3) is 11.5 Å². The van der Waals surface area contributed by atoms with Crippen LogP contribution in [0.4, 0.5) is 5.69 Å². The largest absolute Gasteiger partial charge is 0.460 e. The number of furan rings is 1. The van der Waals surface area contributed by atoms with Gasteiger partial charge in [-0.2, -0.15) is 5.10 Å². The first-order valence-electron chi connectivity index (χ1n) is 8.59. The number of benzene rings is 1. The monoisotopic (exact) mass is 382 g/mol. The van der Waals surface area contributed by atoms with Gasteiger partial charge < -0.3 is 24.9 Å². The van der Waals surface area contributed by atoms with Crippen LogP contribution in [-0.2, 0) is 17.9 Å². The highest BCUT2D eigenvalue weighted by Gasteiger charge is 2.15. The first kappa shape index (κ1) is 17.7. The third-order valence-electron chi connectivity index (χ3n) is 4.21. The smallest absolute Gasteiger partial charge is 0.290 e. The lowest BCUT2D eigenvalue weighted by molar-refractivity contribution is -0.122. The van der Waals surface area contributed by atoms with Gasteiger partial charge in [0.15, 0.2) is 17.3 Å². The summed E-state index contributed by atoms with van der Waals surface area (Å²) in [6.07, 6.45) is 0. The number of carbonyl (C=O) groups is 1. The Morgan fingerprint density at radius 3 is 2.82 bits per heavy atom. The zero-order valence-electron chi connectivity index (χ0n) is 15.1. The van der Waals surface area contributed by atoms with Gasteiger partial charge in [-0.25, -0.2) is 4.68 Å². The topological polar surface area (TPSA) is 122 Å². The molecule has 3 N–H and O–H groups in total. The fraction of sp³-hybridized carbons (Fsp3) is 0.211. The minimum Gasteiger partial charge on any atom is -0.460 e. The molecular formula is C19H18N4O5. The van der Waals surface area contributed by atoms with Crippen molar-refractivity contribution in [2.45, 2.75) is 20.0 Å². The van der Waals surface area contributed by atoms with Crippen LogP contribution in [0, 0.1) is 6.92 Å².